The zero-order valence-electron chi connectivity index (χ0n) is 15.5. The molecule has 1 atom stereocenters. The molecule has 138 valence electrons. The van der Waals surface area contributed by atoms with Crippen LogP contribution in [0.15, 0.2) is 59.6 Å². The normalized spacial score (nSPS) is 16.6. The van der Waals surface area contributed by atoms with Crippen molar-refractivity contribution in [2.24, 2.45) is 4.99 Å². The standard InChI is InChI=1S/C18H17ClN2O.C3H7I/c1-12(2)21-15-11-7-6-10-14(15)16(20-17(19)18(21)22)13-8-4-3-5-9-13;1-3(2)4/h3-12,17H,1-2H3;3H,1-2H3. The van der Waals surface area contributed by atoms with E-state index in [1.807, 2.05) is 68.4 Å². The van der Waals surface area contributed by atoms with Gasteiger partial charge in [-0.05, 0) is 19.9 Å². The van der Waals surface area contributed by atoms with Gasteiger partial charge in [0.05, 0.1) is 11.4 Å². The minimum Gasteiger partial charge on any atom is -0.306 e. The number of rotatable bonds is 2. The van der Waals surface area contributed by atoms with E-state index in [-0.39, 0.29) is 11.9 Å². The number of hydrogen-bond donors (Lipinski definition) is 0. The molecule has 0 N–H and O–H groups in total. The second-order valence-electron chi connectivity index (χ2n) is 6.51. The van der Waals surface area contributed by atoms with E-state index in [1.54, 1.807) is 4.90 Å². The Kier molecular flexibility index (Phi) is 7.65. The second-order valence-corrected chi connectivity index (χ2v) is 9.42. The highest BCUT2D eigenvalue weighted by Crippen LogP contribution is 2.30. The van der Waals surface area contributed by atoms with E-state index in [1.165, 1.54) is 0 Å². The summed E-state index contributed by atoms with van der Waals surface area (Å²) >= 11 is 8.61. The first-order valence-corrected chi connectivity index (χ1v) is 10.3. The van der Waals surface area contributed by atoms with Crippen molar-refractivity contribution in [1.29, 1.82) is 0 Å². The number of hydrogen-bond acceptors (Lipinski definition) is 2. The molecule has 1 aliphatic heterocycles. The van der Waals surface area contributed by atoms with Crippen LogP contribution in [0.1, 0.15) is 38.8 Å². The quantitative estimate of drug-likeness (QED) is 0.308. The number of benzene rings is 2. The molecule has 0 aromatic heterocycles. The van der Waals surface area contributed by atoms with Gasteiger partial charge in [-0.3, -0.25) is 9.79 Å². The monoisotopic (exact) mass is 482 g/mol. The van der Waals surface area contributed by atoms with Crippen molar-refractivity contribution in [1.82, 2.24) is 0 Å². The van der Waals surface area contributed by atoms with Gasteiger partial charge in [0.2, 0.25) is 5.50 Å². The van der Waals surface area contributed by atoms with Crippen LogP contribution in [0, 0.1) is 0 Å². The van der Waals surface area contributed by atoms with Crippen molar-refractivity contribution >= 4 is 51.5 Å². The Hall–Kier alpha value is -1.40. The van der Waals surface area contributed by atoms with Crippen LogP contribution in [-0.4, -0.2) is 27.1 Å². The van der Waals surface area contributed by atoms with Gasteiger partial charge in [0.25, 0.3) is 5.91 Å². The molecule has 1 unspecified atom stereocenters. The fourth-order valence-corrected chi connectivity index (χ4v) is 2.92. The lowest BCUT2D eigenvalue weighted by molar-refractivity contribution is -0.118. The molecule has 3 nitrogen and oxygen atoms in total. The molecular formula is C21H24ClIN2O. The Balaban J connectivity index is 0.000000552. The first-order chi connectivity index (χ1) is 12.3. The van der Waals surface area contributed by atoms with Crippen LogP contribution < -0.4 is 4.90 Å². The van der Waals surface area contributed by atoms with E-state index in [0.29, 0.717) is 0 Å². The molecule has 0 spiro atoms. The van der Waals surface area contributed by atoms with E-state index in [9.17, 15) is 4.79 Å². The van der Waals surface area contributed by atoms with Gasteiger partial charge in [-0.2, -0.15) is 0 Å². The van der Waals surface area contributed by atoms with Crippen LogP contribution in [0.5, 0.6) is 0 Å². The molecule has 0 bridgehead atoms. The average Bonchev–Trinajstić information content (AvgIpc) is 2.70. The molecule has 1 aliphatic rings. The van der Waals surface area contributed by atoms with Gasteiger partial charge in [0, 0.05) is 21.1 Å². The zero-order chi connectivity index (χ0) is 19.3. The first kappa shape index (κ1) is 20.9. The highest BCUT2D eigenvalue weighted by Gasteiger charge is 2.31. The second kappa shape index (κ2) is 9.51. The predicted octanol–water partition coefficient (Wildman–Crippen LogP) is 5.67. The van der Waals surface area contributed by atoms with Crippen molar-refractivity contribution in [2.75, 3.05) is 4.90 Å². The molecule has 0 saturated carbocycles. The summed E-state index contributed by atoms with van der Waals surface area (Å²) in [5.41, 5.74) is 2.59. The largest absolute Gasteiger partial charge is 0.306 e. The van der Waals surface area contributed by atoms with Gasteiger partial charge < -0.3 is 4.90 Å². The number of carbonyl (C=O) groups is 1. The van der Waals surface area contributed by atoms with Gasteiger partial charge in [-0.1, -0.05) is 96.6 Å². The predicted molar refractivity (Wildman–Crippen MR) is 120 cm³/mol. The third kappa shape index (κ3) is 5.07. The molecule has 0 aliphatic carbocycles. The molecule has 3 rings (SSSR count). The Morgan fingerprint density at radius 1 is 1.00 bits per heavy atom. The molecule has 5 heteroatoms. The summed E-state index contributed by atoms with van der Waals surface area (Å²) in [6, 6.07) is 17.7. The number of fused-ring (bicyclic) bond motifs is 1. The molecule has 0 saturated heterocycles. The smallest absolute Gasteiger partial charge is 0.267 e. The molecule has 26 heavy (non-hydrogen) atoms. The maximum atomic E-state index is 12.6. The summed E-state index contributed by atoms with van der Waals surface area (Å²) in [5.74, 6) is -0.185. The van der Waals surface area contributed by atoms with Crippen molar-refractivity contribution in [2.45, 2.75) is 43.2 Å². The Labute approximate surface area is 174 Å². The highest BCUT2D eigenvalue weighted by molar-refractivity contribution is 14.1. The molecule has 2 aromatic carbocycles. The fourth-order valence-electron chi connectivity index (χ4n) is 2.71. The molecule has 0 fully saturated rings. The molecular weight excluding hydrogens is 459 g/mol. The lowest BCUT2D eigenvalue weighted by atomic mass is 10.00. The first-order valence-electron chi connectivity index (χ1n) is 8.66. The SMILES string of the molecule is CC(C)I.CC(C)N1C(=O)C(Cl)N=C(c2ccccc2)c2ccccc21. The van der Waals surface area contributed by atoms with Gasteiger partial charge in [-0.25, -0.2) is 0 Å². The fraction of sp³-hybridized carbons (Fsp3) is 0.333. The lowest BCUT2D eigenvalue weighted by Gasteiger charge is -2.27. The van der Waals surface area contributed by atoms with Gasteiger partial charge in [-0.15, -0.1) is 0 Å². The molecule has 1 amide bonds. The molecule has 0 radical (unpaired) electrons. The van der Waals surface area contributed by atoms with E-state index < -0.39 is 5.50 Å². The van der Waals surface area contributed by atoms with Crippen molar-refractivity contribution in [3.63, 3.8) is 0 Å². The molecule has 2 aromatic rings. The lowest BCUT2D eigenvalue weighted by Crippen LogP contribution is -2.40. The number of alkyl halides is 2. The third-order valence-corrected chi connectivity index (χ3v) is 3.95. The maximum Gasteiger partial charge on any atom is 0.267 e. The number of para-hydroxylation sites is 1. The number of aliphatic imine (C=N–C) groups is 1. The Morgan fingerprint density at radius 3 is 2.12 bits per heavy atom. The van der Waals surface area contributed by atoms with E-state index in [0.717, 1.165) is 26.5 Å². The minimum atomic E-state index is -0.912. The van der Waals surface area contributed by atoms with Crippen LogP contribution in [0.3, 0.4) is 0 Å². The van der Waals surface area contributed by atoms with Crippen LogP contribution in [0.2, 0.25) is 0 Å². The van der Waals surface area contributed by atoms with E-state index >= 15 is 0 Å². The van der Waals surface area contributed by atoms with Gasteiger partial charge in [0.15, 0.2) is 0 Å². The van der Waals surface area contributed by atoms with Crippen LogP contribution in [-0.2, 0) is 4.79 Å². The highest BCUT2D eigenvalue weighted by atomic mass is 127. The summed E-state index contributed by atoms with van der Waals surface area (Å²) < 4.78 is 0.803. The Bertz CT molecular complexity index is 772. The number of halogens is 2. The summed E-state index contributed by atoms with van der Waals surface area (Å²) in [5, 5.41) is 0. The third-order valence-electron chi connectivity index (χ3n) is 3.67. The number of anilines is 1. The van der Waals surface area contributed by atoms with E-state index in [2.05, 4.69) is 41.4 Å². The van der Waals surface area contributed by atoms with Gasteiger partial charge >= 0.3 is 0 Å². The zero-order valence-corrected chi connectivity index (χ0v) is 18.4. The van der Waals surface area contributed by atoms with Crippen molar-refractivity contribution in [3.8, 4) is 0 Å². The number of amides is 1. The van der Waals surface area contributed by atoms with Crippen LogP contribution in [0.4, 0.5) is 5.69 Å². The minimum absolute atomic E-state index is 0.0141. The van der Waals surface area contributed by atoms with Crippen LogP contribution >= 0.6 is 34.2 Å². The Morgan fingerprint density at radius 2 is 1.54 bits per heavy atom. The maximum absolute atomic E-state index is 12.6. The number of benzodiazepines with no additional fused rings is 1. The van der Waals surface area contributed by atoms with Crippen LogP contribution in [0.25, 0.3) is 0 Å². The van der Waals surface area contributed by atoms with Gasteiger partial charge in [0.1, 0.15) is 0 Å². The van der Waals surface area contributed by atoms with Crippen molar-refractivity contribution in [3.05, 3.63) is 65.7 Å². The average molecular weight is 483 g/mol. The summed E-state index contributed by atoms with van der Waals surface area (Å²) in [7, 11) is 0. The van der Waals surface area contributed by atoms with Crippen molar-refractivity contribution < 1.29 is 4.79 Å². The molecule has 1 heterocycles. The summed E-state index contributed by atoms with van der Waals surface area (Å²) in [4.78, 5) is 18.8. The summed E-state index contributed by atoms with van der Waals surface area (Å²) in [6.45, 7) is 8.26. The number of carbonyl (C=O) groups excluding carboxylic acids is 1. The van der Waals surface area contributed by atoms with E-state index in [4.69, 9.17) is 11.6 Å². The summed E-state index contributed by atoms with van der Waals surface area (Å²) in [6.07, 6.45) is 0. The number of nitrogens with zero attached hydrogens (tertiary/aromatic N) is 2. The topological polar surface area (TPSA) is 32.7 Å².